The minimum Gasteiger partial charge on any atom is -0.480 e. The molecule has 2 atom stereocenters. The summed E-state index contributed by atoms with van der Waals surface area (Å²) < 4.78 is 13.5. The molecule has 0 bridgehead atoms. The van der Waals surface area contributed by atoms with Crippen LogP contribution >= 0.6 is 11.8 Å². The van der Waals surface area contributed by atoms with Crippen molar-refractivity contribution < 1.29 is 14.3 Å². The van der Waals surface area contributed by atoms with Gasteiger partial charge in [0.25, 0.3) is 0 Å². The van der Waals surface area contributed by atoms with Crippen LogP contribution < -0.4 is 5.32 Å². The highest BCUT2D eigenvalue weighted by atomic mass is 32.2. The lowest BCUT2D eigenvalue weighted by Crippen LogP contribution is -2.44. The van der Waals surface area contributed by atoms with E-state index < -0.39 is 16.9 Å². The van der Waals surface area contributed by atoms with Crippen LogP contribution in [0.15, 0.2) is 24.3 Å². The second kappa shape index (κ2) is 4.66. The third-order valence-electron chi connectivity index (χ3n) is 2.83. The highest BCUT2D eigenvalue weighted by Crippen LogP contribution is 2.33. The molecule has 1 fully saturated rings. The number of hydrogen-bond acceptors (Lipinski definition) is 3. The summed E-state index contributed by atoms with van der Waals surface area (Å²) in [7, 11) is 0. The molecule has 0 amide bonds. The van der Waals surface area contributed by atoms with Gasteiger partial charge in [0.05, 0.1) is 4.87 Å². The number of carboxylic acids is 1. The molecule has 0 radical (unpaired) electrons. The van der Waals surface area contributed by atoms with Crippen LogP contribution in [0.25, 0.3) is 0 Å². The van der Waals surface area contributed by atoms with E-state index in [1.807, 2.05) is 6.92 Å². The van der Waals surface area contributed by atoms with Gasteiger partial charge in [0.15, 0.2) is 0 Å². The summed E-state index contributed by atoms with van der Waals surface area (Å²) in [5, 5.41) is 12.0. The lowest BCUT2D eigenvalue weighted by atomic mass is 10.1. The minimum atomic E-state index is -0.852. The van der Waals surface area contributed by atoms with Gasteiger partial charge in [-0.3, -0.25) is 10.1 Å². The fourth-order valence-corrected chi connectivity index (χ4v) is 3.20. The monoisotopic (exact) mass is 255 g/mol. The Labute approximate surface area is 103 Å². The smallest absolute Gasteiger partial charge is 0.321 e. The van der Waals surface area contributed by atoms with Gasteiger partial charge in [-0.25, -0.2) is 4.39 Å². The van der Waals surface area contributed by atoms with Gasteiger partial charge in [-0.15, -0.1) is 11.8 Å². The third-order valence-corrected chi connectivity index (χ3v) is 4.23. The Morgan fingerprint density at radius 3 is 2.94 bits per heavy atom. The first-order valence-electron chi connectivity index (χ1n) is 5.38. The molecule has 1 saturated heterocycles. The molecular weight excluding hydrogens is 241 g/mol. The number of halogens is 1. The molecule has 1 heterocycles. The fourth-order valence-electron chi connectivity index (χ4n) is 1.96. The largest absolute Gasteiger partial charge is 0.480 e. The van der Waals surface area contributed by atoms with E-state index in [1.54, 1.807) is 18.2 Å². The Morgan fingerprint density at radius 2 is 2.35 bits per heavy atom. The van der Waals surface area contributed by atoms with Crippen LogP contribution in [0.4, 0.5) is 4.39 Å². The Bertz CT molecular complexity index is 440. The summed E-state index contributed by atoms with van der Waals surface area (Å²) in [4.78, 5) is 10.4. The predicted molar refractivity (Wildman–Crippen MR) is 65.5 cm³/mol. The number of carbonyl (C=O) groups is 1. The zero-order chi connectivity index (χ0) is 12.5. The molecule has 1 unspecified atom stereocenters. The number of hydrogen-bond donors (Lipinski definition) is 2. The molecule has 0 saturated carbocycles. The third kappa shape index (κ3) is 2.79. The Hall–Kier alpha value is -1.07. The Balaban J connectivity index is 2.09. The molecule has 1 aromatic rings. The molecule has 0 aliphatic carbocycles. The van der Waals surface area contributed by atoms with E-state index in [-0.39, 0.29) is 5.82 Å². The molecular formula is C12H14FNO2S. The number of benzene rings is 1. The van der Waals surface area contributed by atoms with Crippen molar-refractivity contribution in [1.82, 2.24) is 5.32 Å². The summed E-state index contributed by atoms with van der Waals surface area (Å²) in [6, 6.07) is 6.05. The standard InChI is InChI=1S/C12H14FNO2S/c1-12(14-10(7-17-12)11(15)16)6-8-4-2-3-5-9(8)13/h2-5,10,14H,6-7H2,1H3,(H,15,16)/t10-,12?/m0/s1. The minimum absolute atomic E-state index is 0.241. The van der Waals surface area contributed by atoms with Gasteiger partial charge in [0.1, 0.15) is 11.9 Å². The number of carboxylic acid groups (broad SMARTS) is 1. The van der Waals surface area contributed by atoms with Crippen molar-refractivity contribution in [2.75, 3.05) is 5.75 Å². The lowest BCUT2D eigenvalue weighted by molar-refractivity contribution is -0.138. The summed E-state index contributed by atoms with van der Waals surface area (Å²) >= 11 is 1.53. The van der Waals surface area contributed by atoms with Crippen LogP contribution in [-0.4, -0.2) is 27.7 Å². The van der Waals surface area contributed by atoms with E-state index in [9.17, 15) is 9.18 Å². The van der Waals surface area contributed by atoms with Gasteiger partial charge >= 0.3 is 5.97 Å². The van der Waals surface area contributed by atoms with E-state index in [0.29, 0.717) is 17.7 Å². The van der Waals surface area contributed by atoms with Crippen molar-refractivity contribution in [2.45, 2.75) is 24.3 Å². The fraction of sp³-hybridized carbons (Fsp3) is 0.417. The van der Waals surface area contributed by atoms with E-state index in [1.165, 1.54) is 17.8 Å². The Morgan fingerprint density at radius 1 is 1.65 bits per heavy atom. The first-order chi connectivity index (χ1) is 8.00. The van der Waals surface area contributed by atoms with E-state index in [2.05, 4.69) is 5.32 Å². The molecule has 2 rings (SSSR count). The van der Waals surface area contributed by atoms with E-state index >= 15 is 0 Å². The predicted octanol–water partition coefficient (Wildman–Crippen LogP) is 1.87. The number of rotatable bonds is 3. The van der Waals surface area contributed by atoms with Crippen LogP contribution in [-0.2, 0) is 11.2 Å². The molecule has 0 spiro atoms. The molecule has 17 heavy (non-hydrogen) atoms. The first-order valence-corrected chi connectivity index (χ1v) is 6.37. The first kappa shape index (κ1) is 12.4. The molecule has 1 aliphatic rings. The molecule has 2 N–H and O–H groups in total. The molecule has 3 nitrogen and oxygen atoms in total. The van der Waals surface area contributed by atoms with Gasteiger partial charge in [0, 0.05) is 12.2 Å². The summed E-state index contributed by atoms with van der Waals surface area (Å²) in [5.74, 6) is -0.579. The van der Waals surface area contributed by atoms with Crippen molar-refractivity contribution in [3.05, 3.63) is 35.6 Å². The maximum absolute atomic E-state index is 13.5. The van der Waals surface area contributed by atoms with Crippen LogP contribution in [0.1, 0.15) is 12.5 Å². The highest BCUT2D eigenvalue weighted by molar-refractivity contribution is 8.00. The SMILES string of the molecule is CC1(Cc2ccccc2F)N[C@H](C(=O)O)CS1. The quantitative estimate of drug-likeness (QED) is 0.865. The second-order valence-corrected chi connectivity index (χ2v) is 5.87. The lowest BCUT2D eigenvalue weighted by Gasteiger charge is -2.24. The zero-order valence-corrected chi connectivity index (χ0v) is 10.3. The second-order valence-electron chi connectivity index (χ2n) is 4.35. The van der Waals surface area contributed by atoms with Crippen LogP contribution in [0.2, 0.25) is 0 Å². The zero-order valence-electron chi connectivity index (χ0n) is 9.44. The molecule has 5 heteroatoms. The summed E-state index contributed by atoms with van der Waals surface area (Å²) in [6.45, 7) is 1.91. The molecule has 1 aromatic carbocycles. The topological polar surface area (TPSA) is 49.3 Å². The molecule has 92 valence electrons. The van der Waals surface area contributed by atoms with Crippen molar-refractivity contribution >= 4 is 17.7 Å². The normalized spacial score (nSPS) is 28.2. The van der Waals surface area contributed by atoms with Crippen LogP contribution in [0, 0.1) is 5.82 Å². The van der Waals surface area contributed by atoms with E-state index in [0.717, 1.165) is 0 Å². The van der Waals surface area contributed by atoms with Gasteiger partial charge < -0.3 is 5.11 Å². The van der Waals surface area contributed by atoms with Crippen molar-refractivity contribution in [1.29, 1.82) is 0 Å². The van der Waals surface area contributed by atoms with Gasteiger partial charge in [-0.1, -0.05) is 18.2 Å². The highest BCUT2D eigenvalue weighted by Gasteiger charge is 2.38. The number of aliphatic carboxylic acids is 1. The molecule has 1 aliphatic heterocycles. The van der Waals surface area contributed by atoms with Crippen LogP contribution in [0.5, 0.6) is 0 Å². The van der Waals surface area contributed by atoms with Gasteiger partial charge in [0.2, 0.25) is 0 Å². The summed E-state index contributed by atoms with van der Waals surface area (Å²) in [6.07, 6.45) is 0.480. The van der Waals surface area contributed by atoms with Crippen molar-refractivity contribution in [2.24, 2.45) is 0 Å². The van der Waals surface area contributed by atoms with Crippen molar-refractivity contribution in [3.63, 3.8) is 0 Å². The average molecular weight is 255 g/mol. The van der Waals surface area contributed by atoms with E-state index in [4.69, 9.17) is 5.11 Å². The van der Waals surface area contributed by atoms with Gasteiger partial charge in [-0.2, -0.15) is 0 Å². The van der Waals surface area contributed by atoms with Gasteiger partial charge in [-0.05, 0) is 18.6 Å². The summed E-state index contributed by atoms with van der Waals surface area (Å²) in [5.41, 5.74) is 0.612. The average Bonchev–Trinajstić information content (AvgIpc) is 2.65. The number of nitrogens with one attached hydrogen (secondary N) is 1. The van der Waals surface area contributed by atoms with Crippen LogP contribution in [0.3, 0.4) is 0 Å². The molecule has 0 aromatic heterocycles. The number of thioether (sulfide) groups is 1. The maximum Gasteiger partial charge on any atom is 0.321 e. The van der Waals surface area contributed by atoms with Crippen molar-refractivity contribution in [3.8, 4) is 0 Å². The maximum atomic E-state index is 13.5. The Kier molecular flexibility index (Phi) is 3.40.